The zero-order valence-electron chi connectivity index (χ0n) is 15.5. The summed E-state index contributed by atoms with van der Waals surface area (Å²) < 4.78 is 27.0. The van der Waals surface area contributed by atoms with Gasteiger partial charge in [-0.05, 0) is 29.8 Å². The van der Waals surface area contributed by atoms with E-state index in [9.17, 15) is 0 Å². The Morgan fingerprint density at radius 3 is 2.41 bits per heavy atom. The van der Waals surface area contributed by atoms with Crippen molar-refractivity contribution in [1.82, 2.24) is 0 Å². The molecule has 0 fully saturated rings. The number of rotatable bonds is 6. The average Bonchev–Trinajstić information content (AvgIpc) is 3.35. The van der Waals surface area contributed by atoms with E-state index in [0.29, 0.717) is 23.7 Å². The Morgan fingerprint density at radius 2 is 1.70 bits per heavy atom. The molecule has 7 nitrogen and oxygen atoms in total. The van der Waals surface area contributed by atoms with E-state index in [1.165, 1.54) is 0 Å². The molecule has 7 heteroatoms. The smallest absolute Gasteiger partial charge is 0.231 e. The van der Waals surface area contributed by atoms with Crippen LogP contribution in [0.3, 0.4) is 0 Å². The summed E-state index contributed by atoms with van der Waals surface area (Å²) in [4.78, 5) is 5.65. The fraction of sp³-hybridized carbons (Fsp3) is 0.350. The lowest BCUT2D eigenvalue weighted by Crippen LogP contribution is -2.12. The highest BCUT2D eigenvalue weighted by atomic mass is 16.7. The minimum absolute atomic E-state index is 0.0422. The number of methoxy groups -OCH3 is 3. The lowest BCUT2D eigenvalue weighted by Gasteiger charge is -2.14. The molecule has 2 aliphatic rings. The molecule has 1 atom stereocenters. The summed E-state index contributed by atoms with van der Waals surface area (Å²) in [6.45, 7) is 0.271. The molecule has 0 aromatic heterocycles. The molecule has 2 heterocycles. The second kappa shape index (κ2) is 7.26. The Hall–Kier alpha value is -3.09. The van der Waals surface area contributed by atoms with E-state index in [4.69, 9.17) is 28.5 Å². The van der Waals surface area contributed by atoms with Crippen LogP contribution in [0, 0.1) is 0 Å². The molecule has 0 N–H and O–H groups in total. The zero-order chi connectivity index (χ0) is 18.8. The summed E-state index contributed by atoms with van der Waals surface area (Å²) in [5.41, 5.74) is 2.85. The number of hydrogen-bond donors (Lipinski definition) is 0. The number of nitrogens with zero attached hydrogens (tertiary/aromatic N) is 1. The van der Waals surface area contributed by atoms with Gasteiger partial charge in [0.15, 0.2) is 23.0 Å². The minimum Gasteiger partial charge on any atom is -0.493 e. The van der Waals surface area contributed by atoms with Gasteiger partial charge in [-0.1, -0.05) is 11.2 Å². The molecule has 2 aliphatic heterocycles. The van der Waals surface area contributed by atoms with Gasteiger partial charge in [0.2, 0.25) is 12.5 Å². The van der Waals surface area contributed by atoms with E-state index in [-0.39, 0.29) is 12.9 Å². The quantitative estimate of drug-likeness (QED) is 0.777. The van der Waals surface area contributed by atoms with Crippen LogP contribution >= 0.6 is 0 Å². The van der Waals surface area contributed by atoms with Crippen LogP contribution in [-0.2, 0) is 11.3 Å². The van der Waals surface area contributed by atoms with Gasteiger partial charge in [-0.3, -0.25) is 0 Å². The lowest BCUT2D eigenvalue weighted by molar-refractivity contribution is 0.0859. The first-order valence-corrected chi connectivity index (χ1v) is 8.63. The van der Waals surface area contributed by atoms with E-state index in [1.54, 1.807) is 21.3 Å². The maximum atomic E-state index is 5.65. The topological polar surface area (TPSA) is 67.7 Å². The summed E-state index contributed by atoms with van der Waals surface area (Å²) >= 11 is 0. The number of ether oxygens (including phenoxy) is 5. The summed E-state index contributed by atoms with van der Waals surface area (Å²) in [5, 5.41) is 4.27. The summed E-state index contributed by atoms with van der Waals surface area (Å²) in [6.07, 6.45) is 1.38. The second-order valence-corrected chi connectivity index (χ2v) is 6.28. The maximum Gasteiger partial charge on any atom is 0.231 e. The molecule has 27 heavy (non-hydrogen) atoms. The second-order valence-electron chi connectivity index (χ2n) is 6.28. The van der Waals surface area contributed by atoms with Gasteiger partial charge in [0.1, 0.15) is 6.10 Å². The Morgan fingerprint density at radius 1 is 0.963 bits per heavy atom. The molecule has 2 aromatic carbocycles. The molecule has 142 valence electrons. The fourth-order valence-electron chi connectivity index (χ4n) is 3.29. The maximum absolute atomic E-state index is 5.65. The van der Waals surface area contributed by atoms with Gasteiger partial charge in [-0.2, -0.15) is 0 Å². The molecule has 0 unspecified atom stereocenters. The zero-order valence-corrected chi connectivity index (χ0v) is 15.5. The van der Waals surface area contributed by atoms with Crippen molar-refractivity contribution in [2.45, 2.75) is 18.9 Å². The van der Waals surface area contributed by atoms with Crippen LogP contribution in [0.1, 0.15) is 17.5 Å². The third-order valence-electron chi connectivity index (χ3n) is 4.63. The summed E-state index contributed by atoms with van der Waals surface area (Å²) in [7, 11) is 4.77. The van der Waals surface area contributed by atoms with Gasteiger partial charge in [0.05, 0.1) is 27.0 Å². The third kappa shape index (κ3) is 3.32. The lowest BCUT2D eigenvalue weighted by atomic mass is 9.99. The molecular weight excluding hydrogens is 350 g/mol. The predicted octanol–water partition coefficient (Wildman–Crippen LogP) is 3.18. The monoisotopic (exact) mass is 371 g/mol. The van der Waals surface area contributed by atoms with Crippen molar-refractivity contribution in [3.63, 3.8) is 0 Å². The first-order valence-electron chi connectivity index (χ1n) is 8.63. The van der Waals surface area contributed by atoms with Gasteiger partial charge >= 0.3 is 0 Å². The molecule has 4 rings (SSSR count). The largest absolute Gasteiger partial charge is 0.493 e. The third-order valence-corrected chi connectivity index (χ3v) is 4.63. The van der Waals surface area contributed by atoms with E-state index in [1.807, 2.05) is 30.3 Å². The number of hydrogen-bond acceptors (Lipinski definition) is 7. The van der Waals surface area contributed by atoms with Crippen molar-refractivity contribution in [3.8, 4) is 28.7 Å². The van der Waals surface area contributed by atoms with Crippen molar-refractivity contribution < 1.29 is 28.5 Å². The van der Waals surface area contributed by atoms with Gasteiger partial charge in [-0.25, -0.2) is 0 Å². The van der Waals surface area contributed by atoms with Gasteiger partial charge in [0, 0.05) is 18.4 Å². The molecule has 0 radical (unpaired) electrons. The summed E-state index contributed by atoms with van der Waals surface area (Å²) in [6, 6.07) is 9.70. The van der Waals surface area contributed by atoms with Crippen LogP contribution in [0.4, 0.5) is 0 Å². The number of benzene rings is 2. The number of oxime groups is 1. The van der Waals surface area contributed by atoms with Crippen LogP contribution in [0.25, 0.3) is 0 Å². The standard InChI is InChI=1S/C20H21NO6/c1-22-18-8-13(9-19(23-2)20(18)24-3)15-10-14(27-21-15)6-12-4-5-16-17(7-12)26-11-25-16/h4-5,7-9,14H,6,10-11H2,1-3H3/t14-/m1/s1. The Kier molecular flexibility index (Phi) is 4.66. The van der Waals surface area contributed by atoms with E-state index in [0.717, 1.165) is 34.8 Å². The molecule has 0 bridgehead atoms. The van der Waals surface area contributed by atoms with E-state index < -0.39 is 0 Å². The fourth-order valence-corrected chi connectivity index (χ4v) is 3.29. The molecule has 0 saturated heterocycles. The van der Waals surface area contributed by atoms with Crippen molar-refractivity contribution >= 4 is 5.71 Å². The average molecular weight is 371 g/mol. The molecule has 2 aromatic rings. The van der Waals surface area contributed by atoms with Gasteiger partial charge in [0.25, 0.3) is 0 Å². The molecule has 0 aliphatic carbocycles. The Balaban J connectivity index is 1.49. The van der Waals surface area contributed by atoms with Crippen LogP contribution < -0.4 is 23.7 Å². The van der Waals surface area contributed by atoms with E-state index >= 15 is 0 Å². The van der Waals surface area contributed by atoms with Crippen LogP contribution in [0.2, 0.25) is 0 Å². The summed E-state index contributed by atoms with van der Waals surface area (Å²) in [5.74, 6) is 3.29. The minimum atomic E-state index is -0.0422. The first-order chi connectivity index (χ1) is 13.2. The SMILES string of the molecule is COc1cc(C2=NO[C@H](Cc3ccc4c(c3)OCO4)C2)cc(OC)c1OC. The van der Waals surface area contributed by atoms with Crippen molar-refractivity contribution in [3.05, 3.63) is 41.5 Å². The molecule has 0 spiro atoms. The first kappa shape index (κ1) is 17.3. The number of fused-ring (bicyclic) bond motifs is 1. The predicted molar refractivity (Wildman–Crippen MR) is 98.4 cm³/mol. The molecule has 0 saturated carbocycles. The Labute approximate surface area is 157 Å². The highest BCUT2D eigenvalue weighted by molar-refractivity contribution is 6.02. The van der Waals surface area contributed by atoms with Gasteiger partial charge in [-0.15, -0.1) is 0 Å². The van der Waals surface area contributed by atoms with Crippen LogP contribution in [-0.4, -0.2) is 39.9 Å². The van der Waals surface area contributed by atoms with Crippen LogP contribution in [0.5, 0.6) is 28.7 Å². The van der Waals surface area contributed by atoms with Crippen molar-refractivity contribution in [2.75, 3.05) is 28.1 Å². The van der Waals surface area contributed by atoms with Crippen molar-refractivity contribution in [1.29, 1.82) is 0 Å². The molecular formula is C20H21NO6. The Bertz CT molecular complexity index is 854. The van der Waals surface area contributed by atoms with Gasteiger partial charge < -0.3 is 28.5 Å². The normalized spacial score (nSPS) is 17.3. The highest BCUT2D eigenvalue weighted by Crippen LogP contribution is 2.39. The van der Waals surface area contributed by atoms with Crippen LogP contribution in [0.15, 0.2) is 35.5 Å². The highest BCUT2D eigenvalue weighted by Gasteiger charge is 2.25. The van der Waals surface area contributed by atoms with Crippen molar-refractivity contribution in [2.24, 2.45) is 5.16 Å². The van der Waals surface area contributed by atoms with E-state index in [2.05, 4.69) is 5.16 Å². The molecule has 0 amide bonds.